The van der Waals surface area contributed by atoms with Crippen LogP contribution in [-0.2, 0) is 9.59 Å². The summed E-state index contributed by atoms with van der Waals surface area (Å²) in [5, 5.41) is 4.92. The van der Waals surface area contributed by atoms with Crippen molar-refractivity contribution in [3.63, 3.8) is 0 Å². The molecule has 1 rings (SSSR count). The highest BCUT2D eigenvalue weighted by Gasteiger charge is 2.35. The Bertz CT molecular complexity index is 333. The maximum absolute atomic E-state index is 11.9. The zero-order valence-electron chi connectivity index (χ0n) is 11.6. The van der Waals surface area contributed by atoms with E-state index in [-0.39, 0.29) is 17.7 Å². The monoisotopic (exact) mass is 214 g/mol. The van der Waals surface area contributed by atoms with Gasteiger partial charge in [-0.05, 0) is 18.2 Å². The fourth-order valence-electron chi connectivity index (χ4n) is 1.47. The van der Waals surface area contributed by atoms with E-state index in [0.717, 1.165) is 0 Å². The first-order valence-electron chi connectivity index (χ1n) is 6.33. The van der Waals surface area contributed by atoms with Gasteiger partial charge in [0.25, 0.3) is 0 Å². The third-order valence-corrected chi connectivity index (χ3v) is 2.24. The first kappa shape index (κ1) is 9.19. The molecule has 0 unspecified atom stereocenters. The molecule has 1 aliphatic heterocycles. The molecular formula is C11H20N2O2. The molecule has 0 aromatic rings. The van der Waals surface area contributed by atoms with Crippen LogP contribution in [0.15, 0.2) is 0 Å². The fourth-order valence-corrected chi connectivity index (χ4v) is 1.47. The molecule has 2 amide bonds. The van der Waals surface area contributed by atoms with E-state index in [1.54, 1.807) is 13.8 Å². The van der Waals surface area contributed by atoms with Crippen LogP contribution in [0, 0.1) is 11.8 Å². The molecule has 86 valence electrons. The molecule has 0 aromatic heterocycles. The third kappa shape index (κ3) is 2.94. The highest BCUT2D eigenvalue weighted by molar-refractivity contribution is 5.97. The van der Waals surface area contributed by atoms with E-state index < -0.39 is 24.4 Å². The van der Waals surface area contributed by atoms with Crippen molar-refractivity contribution in [3.8, 4) is 0 Å². The van der Waals surface area contributed by atoms with Crippen LogP contribution in [0.1, 0.15) is 36.8 Å². The second-order valence-electron chi connectivity index (χ2n) is 4.51. The number of amides is 2. The fraction of sp³-hybridized carbons (Fsp3) is 0.818. The Kier molecular flexibility index (Phi) is 2.84. The Balaban J connectivity index is 2.93. The minimum absolute atomic E-state index is 0.0354. The van der Waals surface area contributed by atoms with Gasteiger partial charge in [-0.15, -0.1) is 0 Å². The van der Waals surface area contributed by atoms with E-state index in [1.807, 2.05) is 13.8 Å². The predicted octanol–water partition coefficient (Wildman–Crippen LogP) is 0.672. The number of carbonyl (C=O) groups excluding carboxylic acids is 2. The van der Waals surface area contributed by atoms with Crippen LogP contribution in [0.25, 0.3) is 0 Å². The molecule has 1 heterocycles. The molecule has 0 radical (unpaired) electrons. The van der Waals surface area contributed by atoms with Gasteiger partial charge in [0.2, 0.25) is 11.8 Å². The van der Waals surface area contributed by atoms with Crippen molar-refractivity contribution in [1.82, 2.24) is 10.6 Å². The van der Waals surface area contributed by atoms with Gasteiger partial charge in [-0.1, -0.05) is 27.7 Å². The molecule has 0 bridgehead atoms. The summed E-state index contributed by atoms with van der Waals surface area (Å²) >= 11 is 0. The molecular weight excluding hydrogens is 192 g/mol. The van der Waals surface area contributed by atoms with Crippen LogP contribution in [0.5, 0.6) is 0 Å². The molecule has 4 heteroatoms. The van der Waals surface area contributed by atoms with Crippen molar-refractivity contribution in [2.45, 2.75) is 46.2 Å². The summed E-state index contributed by atoms with van der Waals surface area (Å²) < 4.78 is 15.8. The summed E-state index contributed by atoms with van der Waals surface area (Å²) in [6.45, 7) is 7.15. The van der Waals surface area contributed by atoms with Crippen molar-refractivity contribution in [3.05, 3.63) is 0 Å². The Labute approximate surface area is 93.6 Å². The van der Waals surface area contributed by atoms with Gasteiger partial charge in [-0.3, -0.25) is 9.59 Å². The van der Waals surface area contributed by atoms with Gasteiger partial charge in [-0.2, -0.15) is 0 Å². The molecule has 4 nitrogen and oxygen atoms in total. The van der Waals surface area contributed by atoms with Gasteiger partial charge in [-0.25, -0.2) is 0 Å². The third-order valence-electron chi connectivity index (χ3n) is 2.24. The Morgan fingerprint density at radius 3 is 2.33 bits per heavy atom. The summed E-state index contributed by atoms with van der Waals surface area (Å²) in [6, 6.07) is -2.49. The van der Waals surface area contributed by atoms with Gasteiger partial charge >= 0.3 is 0 Å². The summed E-state index contributed by atoms with van der Waals surface area (Å²) in [6.07, 6.45) is -0.987. The lowest BCUT2D eigenvalue weighted by molar-refractivity contribution is -0.138. The molecule has 1 saturated heterocycles. The molecule has 0 spiro atoms. The predicted molar refractivity (Wildman–Crippen MR) is 58.2 cm³/mol. The topological polar surface area (TPSA) is 58.2 Å². The van der Waals surface area contributed by atoms with Crippen LogP contribution in [0.2, 0.25) is 0 Å². The SMILES string of the molecule is [2H][C@@H](C(C)C)[C@]1([2H])NC(=O)[C@H](C(C)C)NC1=O. The molecule has 0 aromatic carbocycles. The number of rotatable bonds is 3. The van der Waals surface area contributed by atoms with Crippen molar-refractivity contribution in [2.75, 3.05) is 0 Å². The molecule has 3 atom stereocenters. The minimum atomic E-state index is -1.88. The number of piperazine rings is 1. The number of nitrogens with one attached hydrogen (secondary N) is 2. The van der Waals surface area contributed by atoms with Crippen LogP contribution in [-0.4, -0.2) is 23.9 Å². The molecule has 0 aliphatic carbocycles. The second kappa shape index (κ2) is 4.64. The zero-order chi connectivity index (χ0) is 13.4. The van der Waals surface area contributed by atoms with Crippen molar-refractivity contribution < 1.29 is 12.3 Å². The minimum Gasteiger partial charge on any atom is -0.343 e. The van der Waals surface area contributed by atoms with Gasteiger partial charge in [0, 0.05) is 1.37 Å². The summed E-state index contributed by atoms with van der Waals surface area (Å²) in [7, 11) is 0. The molecule has 15 heavy (non-hydrogen) atoms. The van der Waals surface area contributed by atoms with Gasteiger partial charge in [0.1, 0.15) is 12.1 Å². The Hall–Kier alpha value is -1.06. The maximum Gasteiger partial charge on any atom is 0.243 e. The maximum atomic E-state index is 11.9. The first-order valence-corrected chi connectivity index (χ1v) is 5.25. The van der Waals surface area contributed by atoms with Crippen LogP contribution < -0.4 is 10.6 Å². The Morgan fingerprint density at radius 1 is 1.27 bits per heavy atom. The lowest BCUT2D eigenvalue weighted by atomic mass is 9.96. The smallest absolute Gasteiger partial charge is 0.243 e. The zero-order valence-corrected chi connectivity index (χ0v) is 9.63. The quantitative estimate of drug-likeness (QED) is 0.725. The molecule has 0 saturated carbocycles. The van der Waals surface area contributed by atoms with E-state index >= 15 is 0 Å². The number of carbonyl (C=O) groups is 2. The van der Waals surface area contributed by atoms with Crippen molar-refractivity contribution >= 4 is 11.8 Å². The highest BCUT2D eigenvalue weighted by Crippen LogP contribution is 2.12. The van der Waals surface area contributed by atoms with Gasteiger partial charge in [0.05, 0.1) is 1.37 Å². The molecule has 2 N–H and O–H groups in total. The number of hydrogen-bond donors (Lipinski definition) is 2. The standard InChI is InChI=1S/C11H20N2O2/c1-6(2)5-8-10(14)13-9(7(3)4)11(15)12-8/h6-9H,5H2,1-4H3,(H,12,15)(H,13,14)/t8-,9-/m0/s1/i5D,8D/t5-,8-,9-. The van der Waals surface area contributed by atoms with Crippen molar-refractivity contribution in [1.29, 1.82) is 0 Å². The molecule has 1 aliphatic rings. The van der Waals surface area contributed by atoms with E-state index in [2.05, 4.69) is 10.6 Å². The van der Waals surface area contributed by atoms with E-state index in [0.29, 0.717) is 0 Å². The first-order chi connectivity index (χ1) is 7.70. The normalized spacial score (nSPS) is 35.7. The van der Waals surface area contributed by atoms with Crippen LogP contribution in [0.4, 0.5) is 0 Å². The van der Waals surface area contributed by atoms with E-state index in [9.17, 15) is 9.59 Å². The lowest BCUT2D eigenvalue weighted by Gasteiger charge is -2.32. The van der Waals surface area contributed by atoms with Gasteiger partial charge < -0.3 is 10.6 Å². The summed E-state index contributed by atoms with van der Waals surface area (Å²) in [5.41, 5.74) is 0. The average Bonchev–Trinajstić information content (AvgIpc) is 2.21. The van der Waals surface area contributed by atoms with Crippen LogP contribution in [0.3, 0.4) is 0 Å². The Morgan fingerprint density at radius 2 is 1.87 bits per heavy atom. The largest absolute Gasteiger partial charge is 0.343 e. The second-order valence-corrected chi connectivity index (χ2v) is 4.51. The number of hydrogen-bond acceptors (Lipinski definition) is 2. The highest BCUT2D eigenvalue weighted by atomic mass is 16.2. The van der Waals surface area contributed by atoms with E-state index in [1.165, 1.54) is 0 Å². The summed E-state index contributed by atoms with van der Waals surface area (Å²) in [5.74, 6) is -1.20. The molecule has 1 fully saturated rings. The lowest BCUT2D eigenvalue weighted by Crippen LogP contribution is -2.63. The van der Waals surface area contributed by atoms with Crippen LogP contribution >= 0.6 is 0 Å². The van der Waals surface area contributed by atoms with Crippen molar-refractivity contribution in [2.24, 2.45) is 11.8 Å². The summed E-state index contributed by atoms with van der Waals surface area (Å²) in [4.78, 5) is 23.7. The average molecular weight is 214 g/mol. The van der Waals surface area contributed by atoms with Gasteiger partial charge in [0.15, 0.2) is 0 Å². The van der Waals surface area contributed by atoms with E-state index in [4.69, 9.17) is 2.74 Å².